The first-order chi connectivity index (χ1) is 10.2. The summed E-state index contributed by atoms with van der Waals surface area (Å²) in [5, 5.41) is 0.808. The molecule has 0 aliphatic heterocycles. The number of nitrogens with two attached hydrogens (primary N) is 2. The lowest BCUT2D eigenvalue weighted by atomic mass is 10.3. The lowest BCUT2D eigenvalue weighted by molar-refractivity contribution is 0.340. The first-order valence-electron chi connectivity index (χ1n) is 6.61. The summed E-state index contributed by atoms with van der Waals surface area (Å²) < 4.78 is 5.49. The number of ether oxygens (including phenoxy) is 1. The Morgan fingerprint density at radius 1 is 1.14 bits per heavy atom. The average molecular weight is 300 g/mol. The van der Waals surface area contributed by atoms with Gasteiger partial charge < -0.3 is 21.2 Å². The second-order valence-electron chi connectivity index (χ2n) is 4.55. The van der Waals surface area contributed by atoms with Crippen LogP contribution in [0.15, 0.2) is 46.5 Å². The number of fused-ring (bicyclic) bond motifs is 1. The fraction of sp³-hybridized carbons (Fsp3) is 0.133. The molecule has 3 rings (SSSR count). The zero-order valence-corrected chi connectivity index (χ0v) is 12.4. The number of aromatic amines is 1. The maximum absolute atomic E-state index is 5.82. The van der Waals surface area contributed by atoms with Gasteiger partial charge in [0.05, 0.1) is 29.0 Å². The van der Waals surface area contributed by atoms with Gasteiger partial charge in [-0.2, -0.15) is 0 Å². The molecule has 0 saturated heterocycles. The first-order valence-corrected chi connectivity index (χ1v) is 7.43. The van der Waals surface area contributed by atoms with E-state index in [1.807, 2.05) is 37.3 Å². The lowest BCUT2D eigenvalue weighted by Gasteiger charge is -2.02. The first kappa shape index (κ1) is 13.6. The van der Waals surface area contributed by atoms with Gasteiger partial charge in [-0.05, 0) is 37.3 Å². The van der Waals surface area contributed by atoms with E-state index in [9.17, 15) is 0 Å². The van der Waals surface area contributed by atoms with Crippen molar-refractivity contribution in [2.45, 2.75) is 17.0 Å². The average Bonchev–Trinajstić information content (AvgIpc) is 2.85. The van der Waals surface area contributed by atoms with Gasteiger partial charge in [0.25, 0.3) is 0 Å². The van der Waals surface area contributed by atoms with Gasteiger partial charge in [-0.1, -0.05) is 11.8 Å². The standard InChI is InChI=1S/C15H16N4OS/c1-2-20-9-3-6-13-14(7-9)19-15(18-13)21-10-4-5-11(16)12(17)8-10/h3-8H,2,16-17H2,1H3,(H,18,19). The summed E-state index contributed by atoms with van der Waals surface area (Å²) in [5.41, 5.74) is 14.6. The van der Waals surface area contributed by atoms with Gasteiger partial charge in [-0.15, -0.1) is 0 Å². The SMILES string of the molecule is CCOc1ccc2nc(Sc3ccc(N)c(N)c3)[nH]c2c1. The molecule has 108 valence electrons. The predicted molar refractivity (Wildman–Crippen MR) is 86.7 cm³/mol. The van der Waals surface area contributed by atoms with Crippen LogP contribution in [0.5, 0.6) is 5.75 Å². The van der Waals surface area contributed by atoms with Gasteiger partial charge in [-0.25, -0.2) is 4.98 Å². The van der Waals surface area contributed by atoms with Crippen LogP contribution >= 0.6 is 11.8 Å². The Hall–Kier alpha value is -2.34. The van der Waals surface area contributed by atoms with Crippen molar-refractivity contribution in [3.63, 3.8) is 0 Å². The van der Waals surface area contributed by atoms with Crippen LogP contribution < -0.4 is 16.2 Å². The molecule has 1 heterocycles. The molecule has 0 atom stereocenters. The summed E-state index contributed by atoms with van der Waals surface area (Å²) in [5.74, 6) is 0.835. The zero-order chi connectivity index (χ0) is 14.8. The Morgan fingerprint density at radius 2 is 2.00 bits per heavy atom. The topological polar surface area (TPSA) is 89.9 Å². The Kier molecular flexibility index (Phi) is 3.62. The third-order valence-corrected chi connectivity index (χ3v) is 3.89. The van der Waals surface area contributed by atoms with Crippen molar-refractivity contribution >= 4 is 34.2 Å². The molecule has 0 aliphatic rings. The number of H-pyrrole nitrogens is 1. The van der Waals surface area contributed by atoms with Crippen LogP contribution in [0.1, 0.15) is 6.92 Å². The van der Waals surface area contributed by atoms with Gasteiger partial charge in [-0.3, -0.25) is 0 Å². The number of hydrogen-bond acceptors (Lipinski definition) is 5. The number of imidazole rings is 1. The molecule has 3 aromatic rings. The molecule has 0 saturated carbocycles. The molecule has 0 fully saturated rings. The largest absolute Gasteiger partial charge is 0.494 e. The fourth-order valence-corrected chi connectivity index (χ4v) is 2.85. The quantitative estimate of drug-likeness (QED) is 0.643. The van der Waals surface area contributed by atoms with Gasteiger partial charge in [0.2, 0.25) is 0 Å². The molecule has 2 aromatic carbocycles. The fourth-order valence-electron chi connectivity index (χ4n) is 2.00. The highest BCUT2D eigenvalue weighted by atomic mass is 32.2. The third kappa shape index (κ3) is 2.90. The molecule has 0 bridgehead atoms. The maximum Gasteiger partial charge on any atom is 0.171 e. The highest BCUT2D eigenvalue weighted by Gasteiger charge is 2.07. The van der Waals surface area contributed by atoms with Crippen LogP contribution in [0.4, 0.5) is 11.4 Å². The van der Waals surface area contributed by atoms with Gasteiger partial charge in [0.1, 0.15) is 5.75 Å². The Morgan fingerprint density at radius 3 is 2.76 bits per heavy atom. The van der Waals surface area contributed by atoms with Crippen molar-refractivity contribution < 1.29 is 4.74 Å². The molecule has 6 heteroatoms. The molecular weight excluding hydrogens is 284 g/mol. The van der Waals surface area contributed by atoms with Crippen LogP contribution in [-0.4, -0.2) is 16.6 Å². The Bertz CT molecular complexity index is 784. The molecule has 21 heavy (non-hydrogen) atoms. The number of aromatic nitrogens is 2. The number of benzene rings is 2. The van der Waals surface area contributed by atoms with Crippen molar-refractivity contribution in [2.75, 3.05) is 18.1 Å². The summed E-state index contributed by atoms with van der Waals surface area (Å²) in [7, 11) is 0. The van der Waals surface area contributed by atoms with Crippen LogP contribution in [0.2, 0.25) is 0 Å². The summed E-state index contributed by atoms with van der Waals surface area (Å²) in [4.78, 5) is 8.81. The minimum atomic E-state index is 0.578. The normalized spacial score (nSPS) is 10.9. The predicted octanol–water partition coefficient (Wildman–Crippen LogP) is 3.28. The second kappa shape index (κ2) is 5.57. The summed E-state index contributed by atoms with van der Waals surface area (Å²) in [6.07, 6.45) is 0. The van der Waals surface area contributed by atoms with E-state index >= 15 is 0 Å². The van der Waals surface area contributed by atoms with Crippen molar-refractivity contribution in [3.8, 4) is 5.75 Å². The molecule has 0 aliphatic carbocycles. The molecule has 0 amide bonds. The molecule has 0 spiro atoms. The highest BCUT2D eigenvalue weighted by Crippen LogP contribution is 2.31. The van der Waals surface area contributed by atoms with E-state index in [4.69, 9.17) is 16.2 Å². The molecule has 0 radical (unpaired) electrons. The van der Waals surface area contributed by atoms with Gasteiger partial charge >= 0.3 is 0 Å². The minimum absolute atomic E-state index is 0.578. The van der Waals surface area contributed by atoms with E-state index in [1.54, 1.807) is 6.07 Å². The van der Waals surface area contributed by atoms with Crippen molar-refractivity contribution in [1.29, 1.82) is 0 Å². The van der Waals surface area contributed by atoms with Gasteiger partial charge in [0, 0.05) is 11.0 Å². The van der Waals surface area contributed by atoms with Gasteiger partial charge in [0.15, 0.2) is 5.16 Å². The molecular formula is C15H16N4OS. The summed E-state index contributed by atoms with van der Waals surface area (Å²) >= 11 is 1.51. The lowest BCUT2D eigenvalue weighted by Crippen LogP contribution is -1.93. The van der Waals surface area contributed by atoms with Crippen LogP contribution in [0.3, 0.4) is 0 Å². The smallest absolute Gasteiger partial charge is 0.171 e. The number of rotatable bonds is 4. The van der Waals surface area contributed by atoms with E-state index < -0.39 is 0 Å². The summed E-state index contributed by atoms with van der Waals surface area (Å²) in [6, 6.07) is 11.4. The minimum Gasteiger partial charge on any atom is -0.494 e. The number of nitrogen functional groups attached to an aromatic ring is 2. The van der Waals surface area contributed by atoms with Crippen molar-refractivity contribution in [3.05, 3.63) is 36.4 Å². The van der Waals surface area contributed by atoms with Crippen molar-refractivity contribution in [2.24, 2.45) is 0 Å². The Labute approximate surface area is 126 Å². The number of nitrogens with zero attached hydrogens (tertiary/aromatic N) is 1. The monoisotopic (exact) mass is 300 g/mol. The second-order valence-corrected chi connectivity index (χ2v) is 5.61. The van der Waals surface area contributed by atoms with E-state index in [1.165, 1.54) is 11.8 Å². The molecule has 5 nitrogen and oxygen atoms in total. The zero-order valence-electron chi connectivity index (χ0n) is 11.6. The van der Waals surface area contributed by atoms with Crippen molar-refractivity contribution in [1.82, 2.24) is 9.97 Å². The van der Waals surface area contributed by atoms with E-state index in [0.717, 1.165) is 26.8 Å². The summed E-state index contributed by atoms with van der Waals surface area (Å²) in [6.45, 7) is 2.61. The molecule has 0 unspecified atom stereocenters. The number of hydrogen-bond donors (Lipinski definition) is 3. The maximum atomic E-state index is 5.82. The van der Waals surface area contributed by atoms with Crippen LogP contribution in [-0.2, 0) is 0 Å². The van der Waals surface area contributed by atoms with Crippen LogP contribution in [0, 0.1) is 0 Å². The Balaban J connectivity index is 1.88. The number of nitrogens with one attached hydrogen (secondary N) is 1. The highest BCUT2D eigenvalue weighted by molar-refractivity contribution is 7.99. The number of anilines is 2. The molecule has 1 aromatic heterocycles. The van der Waals surface area contributed by atoms with Crippen LogP contribution in [0.25, 0.3) is 11.0 Å². The van der Waals surface area contributed by atoms with E-state index in [0.29, 0.717) is 18.0 Å². The third-order valence-electron chi connectivity index (χ3n) is 3.02. The molecule has 5 N–H and O–H groups in total. The van der Waals surface area contributed by atoms with E-state index in [2.05, 4.69) is 9.97 Å². The van der Waals surface area contributed by atoms with E-state index in [-0.39, 0.29) is 0 Å².